The molecule has 3 heterocycles. The van der Waals surface area contributed by atoms with Crippen molar-refractivity contribution in [3.63, 3.8) is 0 Å². The molecule has 0 aromatic carbocycles. The molecule has 16 heavy (non-hydrogen) atoms. The van der Waals surface area contributed by atoms with Crippen LogP contribution in [-0.4, -0.2) is 35.0 Å². The number of hydrogen-bond acceptors (Lipinski definition) is 2. The van der Waals surface area contributed by atoms with E-state index in [1.165, 1.54) is 16.6 Å². The van der Waals surface area contributed by atoms with Crippen LogP contribution in [0.25, 0.3) is 11.0 Å². The Morgan fingerprint density at radius 1 is 1.25 bits per heavy atom. The molecule has 1 aliphatic heterocycles. The first-order valence-electron chi connectivity index (χ1n) is 5.89. The van der Waals surface area contributed by atoms with E-state index < -0.39 is 0 Å². The fraction of sp³-hybridized carbons (Fsp3) is 0.462. The maximum atomic E-state index is 4.56. The van der Waals surface area contributed by atoms with E-state index in [2.05, 4.69) is 34.0 Å². The molecule has 0 amide bonds. The zero-order chi connectivity index (χ0) is 11.1. The number of fused-ring (bicyclic) bond motifs is 3. The quantitative estimate of drug-likeness (QED) is 0.728. The third-order valence-electron chi connectivity index (χ3n) is 3.48. The molecule has 0 bridgehead atoms. The van der Waals surface area contributed by atoms with E-state index in [-0.39, 0.29) is 0 Å². The van der Waals surface area contributed by atoms with E-state index in [0.29, 0.717) is 0 Å². The van der Waals surface area contributed by atoms with Gasteiger partial charge in [0, 0.05) is 36.3 Å². The summed E-state index contributed by atoms with van der Waals surface area (Å²) in [7, 11) is 2.19. The minimum absolute atomic E-state index is 1.06. The van der Waals surface area contributed by atoms with Gasteiger partial charge in [0.15, 0.2) is 0 Å². The number of hydrogen-bond donors (Lipinski definition) is 1. The number of rotatable bonds is 0. The first kappa shape index (κ1) is 9.85. The summed E-state index contributed by atoms with van der Waals surface area (Å²) in [6.45, 7) is 4.33. The van der Waals surface area contributed by atoms with Crippen molar-refractivity contribution in [2.45, 2.75) is 19.8 Å². The van der Waals surface area contributed by atoms with Gasteiger partial charge in [-0.3, -0.25) is 0 Å². The van der Waals surface area contributed by atoms with E-state index >= 15 is 0 Å². The summed E-state index contributed by atoms with van der Waals surface area (Å²) in [6.07, 6.45) is 2.25. The maximum absolute atomic E-state index is 4.56. The molecule has 3 nitrogen and oxygen atoms in total. The minimum atomic E-state index is 1.06. The molecule has 3 rings (SSSR count). The number of pyridine rings is 1. The average Bonchev–Trinajstić information content (AvgIpc) is 2.50. The van der Waals surface area contributed by atoms with Crippen LogP contribution in [0.15, 0.2) is 12.1 Å². The van der Waals surface area contributed by atoms with Crippen LogP contribution in [0.2, 0.25) is 0 Å². The predicted octanol–water partition coefficient (Wildman–Crippen LogP) is 1.90. The van der Waals surface area contributed by atoms with Crippen molar-refractivity contribution in [3.8, 4) is 0 Å². The lowest BCUT2D eigenvalue weighted by molar-refractivity contribution is 0.352. The highest BCUT2D eigenvalue weighted by Gasteiger charge is 2.16. The fourth-order valence-corrected chi connectivity index (χ4v) is 2.49. The van der Waals surface area contributed by atoms with Crippen molar-refractivity contribution >= 4 is 11.0 Å². The van der Waals surface area contributed by atoms with Crippen LogP contribution < -0.4 is 0 Å². The Hall–Kier alpha value is -1.35. The Kier molecular flexibility index (Phi) is 2.21. The van der Waals surface area contributed by atoms with Gasteiger partial charge in [-0.15, -0.1) is 0 Å². The summed E-state index contributed by atoms with van der Waals surface area (Å²) in [5, 5.41) is 1.32. The van der Waals surface area contributed by atoms with Crippen LogP contribution in [0, 0.1) is 6.92 Å². The number of H-pyrrole nitrogens is 1. The SMILES string of the molecule is Cc1ccc2c3c([nH]c2n1)CCN(C)CC3. The lowest BCUT2D eigenvalue weighted by Gasteiger charge is -2.11. The van der Waals surface area contributed by atoms with Gasteiger partial charge in [-0.2, -0.15) is 0 Å². The van der Waals surface area contributed by atoms with Crippen molar-refractivity contribution in [3.05, 3.63) is 29.1 Å². The standard InChI is InChI=1S/C13H17N3/c1-9-3-4-11-10-5-7-16(2)8-6-12(10)15-13(11)14-9/h3-4H,5-8H2,1-2H3,(H,14,15). The summed E-state index contributed by atoms with van der Waals surface area (Å²) < 4.78 is 0. The van der Waals surface area contributed by atoms with Crippen LogP contribution in [0.5, 0.6) is 0 Å². The van der Waals surface area contributed by atoms with Crippen LogP contribution >= 0.6 is 0 Å². The molecule has 0 atom stereocenters. The molecule has 0 spiro atoms. The van der Waals surface area contributed by atoms with Crippen molar-refractivity contribution in [1.29, 1.82) is 0 Å². The lowest BCUT2D eigenvalue weighted by Crippen LogP contribution is -2.21. The molecule has 84 valence electrons. The number of aryl methyl sites for hydroxylation is 1. The summed E-state index contributed by atoms with van der Waals surface area (Å²) in [6, 6.07) is 4.31. The van der Waals surface area contributed by atoms with Crippen LogP contribution in [-0.2, 0) is 12.8 Å². The average molecular weight is 215 g/mol. The first-order valence-corrected chi connectivity index (χ1v) is 5.89. The Morgan fingerprint density at radius 2 is 2.06 bits per heavy atom. The van der Waals surface area contributed by atoms with Gasteiger partial charge in [-0.1, -0.05) is 0 Å². The van der Waals surface area contributed by atoms with E-state index in [0.717, 1.165) is 37.3 Å². The second kappa shape index (κ2) is 3.59. The monoisotopic (exact) mass is 215 g/mol. The molecule has 0 aliphatic carbocycles. The van der Waals surface area contributed by atoms with Crippen LogP contribution in [0.4, 0.5) is 0 Å². The van der Waals surface area contributed by atoms with E-state index in [9.17, 15) is 0 Å². The van der Waals surface area contributed by atoms with Crippen molar-refractivity contribution in [2.75, 3.05) is 20.1 Å². The van der Waals surface area contributed by atoms with Gasteiger partial charge in [0.1, 0.15) is 5.65 Å². The van der Waals surface area contributed by atoms with Gasteiger partial charge in [-0.05, 0) is 38.1 Å². The van der Waals surface area contributed by atoms with Crippen molar-refractivity contribution in [2.24, 2.45) is 0 Å². The Morgan fingerprint density at radius 3 is 2.94 bits per heavy atom. The van der Waals surface area contributed by atoms with Gasteiger partial charge in [0.2, 0.25) is 0 Å². The van der Waals surface area contributed by atoms with Gasteiger partial charge in [0.05, 0.1) is 0 Å². The topological polar surface area (TPSA) is 31.9 Å². The Labute approximate surface area is 95.5 Å². The largest absolute Gasteiger partial charge is 0.343 e. The highest BCUT2D eigenvalue weighted by molar-refractivity contribution is 5.81. The molecule has 0 unspecified atom stereocenters. The summed E-state index contributed by atoms with van der Waals surface area (Å²) in [5.41, 5.74) is 5.01. The minimum Gasteiger partial charge on any atom is -0.343 e. The molecule has 0 saturated carbocycles. The van der Waals surface area contributed by atoms with Gasteiger partial charge < -0.3 is 9.88 Å². The number of aromatic amines is 1. The molecule has 1 aliphatic rings. The summed E-state index contributed by atoms with van der Waals surface area (Å²) >= 11 is 0. The van der Waals surface area contributed by atoms with Crippen LogP contribution in [0.3, 0.4) is 0 Å². The molecule has 0 fully saturated rings. The molecule has 0 saturated heterocycles. The Bertz CT molecular complexity index is 527. The van der Waals surface area contributed by atoms with E-state index in [4.69, 9.17) is 0 Å². The third kappa shape index (κ3) is 1.52. The lowest BCUT2D eigenvalue weighted by atomic mass is 10.1. The first-order chi connectivity index (χ1) is 7.74. The smallest absolute Gasteiger partial charge is 0.138 e. The molecule has 3 heteroatoms. The number of nitrogens with zero attached hydrogens (tertiary/aromatic N) is 2. The highest BCUT2D eigenvalue weighted by Crippen LogP contribution is 2.24. The number of nitrogens with one attached hydrogen (secondary N) is 1. The third-order valence-corrected chi connectivity index (χ3v) is 3.48. The highest BCUT2D eigenvalue weighted by atomic mass is 15.1. The normalized spacial score (nSPS) is 17.4. The second-order valence-electron chi connectivity index (χ2n) is 4.73. The summed E-state index contributed by atoms with van der Waals surface area (Å²) in [5.74, 6) is 0. The van der Waals surface area contributed by atoms with Gasteiger partial charge in [0.25, 0.3) is 0 Å². The number of aromatic nitrogens is 2. The molecular formula is C13H17N3. The van der Waals surface area contributed by atoms with Crippen molar-refractivity contribution < 1.29 is 0 Å². The summed E-state index contributed by atoms with van der Waals surface area (Å²) in [4.78, 5) is 10.4. The molecule has 1 N–H and O–H groups in total. The molecular weight excluding hydrogens is 198 g/mol. The maximum Gasteiger partial charge on any atom is 0.138 e. The van der Waals surface area contributed by atoms with Gasteiger partial charge >= 0.3 is 0 Å². The zero-order valence-electron chi connectivity index (χ0n) is 9.88. The fourth-order valence-electron chi connectivity index (χ4n) is 2.49. The molecule has 0 radical (unpaired) electrons. The van der Waals surface area contributed by atoms with Crippen LogP contribution in [0.1, 0.15) is 17.0 Å². The Balaban J connectivity index is 2.15. The van der Waals surface area contributed by atoms with E-state index in [1.807, 2.05) is 6.92 Å². The number of likely N-dealkylation sites (N-methyl/N-ethyl adjacent to an activating group) is 1. The second-order valence-corrected chi connectivity index (χ2v) is 4.73. The van der Waals surface area contributed by atoms with Gasteiger partial charge in [-0.25, -0.2) is 4.98 Å². The molecule has 2 aromatic heterocycles. The molecule has 2 aromatic rings. The van der Waals surface area contributed by atoms with E-state index in [1.54, 1.807) is 0 Å². The van der Waals surface area contributed by atoms with Crippen molar-refractivity contribution in [1.82, 2.24) is 14.9 Å². The zero-order valence-corrected chi connectivity index (χ0v) is 9.88. The predicted molar refractivity (Wildman–Crippen MR) is 65.7 cm³/mol.